The molecule has 1 N–H and O–H groups in total. The molecule has 0 atom stereocenters. The molecule has 2 aliphatic carbocycles. The molecule has 2 aliphatic rings. The third-order valence-electron chi connectivity index (χ3n) is 3.57. The van der Waals surface area contributed by atoms with Crippen LogP contribution in [0.5, 0.6) is 5.75 Å². The monoisotopic (exact) mass is 252 g/mol. The minimum absolute atomic E-state index is 0.626. The zero-order valence-electron chi connectivity index (χ0n) is 10.0. The Balaban J connectivity index is 1.92. The van der Waals surface area contributed by atoms with Crippen molar-refractivity contribution in [3.05, 3.63) is 28.3 Å². The van der Waals surface area contributed by atoms with Gasteiger partial charge in [0.25, 0.3) is 0 Å². The van der Waals surface area contributed by atoms with E-state index < -0.39 is 5.60 Å². The maximum atomic E-state index is 10.3. The van der Waals surface area contributed by atoms with Crippen LogP contribution in [0.25, 0.3) is 0 Å². The van der Waals surface area contributed by atoms with Gasteiger partial charge in [0.1, 0.15) is 5.75 Å². The van der Waals surface area contributed by atoms with E-state index in [2.05, 4.69) is 0 Å². The second-order valence-electron chi connectivity index (χ2n) is 5.41. The molecule has 2 fully saturated rings. The van der Waals surface area contributed by atoms with Gasteiger partial charge in [-0.3, -0.25) is 0 Å². The standard InChI is InChI=1S/C14H17ClO2/c1-9-6-11(14(16)4-5-14)13(12(15)7-9)17-8-10-2-3-10/h6-7,10,16H,2-5,8H2,1H3. The molecule has 0 radical (unpaired) electrons. The summed E-state index contributed by atoms with van der Waals surface area (Å²) in [4.78, 5) is 0. The fraction of sp³-hybridized carbons (Fsp3) is 0.571. The number of aryl methyl sites for hydroxylation is 1. The molecule has 0 amide bonds. The van der Waals surface area contributed by atoms with Crippen molar-refractivity contribution in [3.8, 4) is 5.75 Å². The van der Waals surface area contributed by atoms with E-state index in [0.717, 1.165) is 30.6 Å². The van der Waals surface area contributed by atoms with Crippen LogP contribution in [0.3, 0.4) is 0 Å². The zero-order chi connectivity index (χ0) is 12.0. The number of halogens is 1. The summed E-state index contributed by atoms with van der Waals surface area (Å²) in [5, 5.41) is 10.9. The van der Waals surface area contributed by atoms with Crippen molar-refractivity contribution < 1.29 is 9.84 Å². The van der Waals surface area contributed by atoms with E-state index in [1.165, 1.54) is 12.8 Å². The molecule has 1 aromatic rings. The van der Waals surface area contributed by atoms with Gasteiger partial charge in [-0.25, -0.2) is 0 Å². The molecule has 0 bridgehead atoms. The molecule has 2 nitrogen and oxygen atoms in total. The van der Waals surface area contributed by atoms with Crippen LogP contribution >= 0.6 is 11.6 Å². The van der Waals surface area contributed by atoms with Crippen LogP contribution in [-0.2, 0) is 5.60 Å². The van der Waals surface area contributed by atoms with Crippen LogP contribution < -0.4 is 4.74 Å². The average molecular weight is 253 g/mol. The maximum Gasteiger partial charge on any atom is 0.143 e. The van der Waals surface area contributed by atoms with E-state index in [9.17, 15) is 5.11 Å². The predicted octanol–water partition coefficient (Wildman–Crippen LogP) is 3.42. The van der Waals surface area contributed by atoms with Gasteiger partial charge in [-0.2, -0.15) is 0 Å². The predicted molar refractivity (Wildman–Crippen MR) is 67.5 cm³/mol. The summed E-state index contributed by atoms with van der Waals surface area (Å²) in [5.41, 5.74) is 1.27. The second kappa shape index (κ2) is 3.89. The lowest BCUT2D eigenvalue weighted by Crippen LogP contribution is -2.10. The lowest BCUT2D eigenvalue weighted by molar-refractivity contribution is 0.145. The van der Waals surface area contributed by atoms with Crippen molar-refractivity contribution in [3.63, 3.8) is 0 Å². The normalized spacial score (nSPS) is 21.4. The minimum atomic E-state index is -0.686. The highest BCUT2D eigenvalue weighted by molar-refractivity contribution is 6.32. The van der Waals surface area contributed by atoms with E-state index in [4.69, 9.17) is 16.3 Å². The molecule has 0 aromatic heterocycles. The summed E-state index contributed by atoms with van der Waals surface area (Å²) >= 11 is 6.24. The summed E-state index contributed by atoms with van der Waals surface area (Å²) in [7, 11) is 0. The molecule has 17 heavy (non-hydrogen) atoms. The van der Waals surface area contributed by atoms with Gasteiger partial charge in [0, 0.05) is 5.56 Å². The van der Waals surface area contributed by atoms with Crippen LogP contribution in [0.4, 0.5) is 0 Å². The number of hydrogen-bond acceptors (Lipinski definition) is 2. The number of hydrogen-bond donors (Lipinski definition) is 1. The van der Waals surface area contributed by atoms with E-state index in [0.29, 0.717) is 16.7 Å². The minimum Gasteiger partial charge on any atom is -0.491 e. The van der Waals surface area contributed by atoms with Crippen molar-refractivity contribution in [2.45, 2.75) is 38.2 Å². The lowest BCUT2D eigenvalue weighted by Gasteiger charge is -2.17. The highest BCUT2D eigenvalue weighted by Gasteiger charge is 2.45. The first-order valence-corrected chi connectivity index (χ1v) is 6.62. The SMILES string of the molecule is Cc1cc(Cl)c(OCC2CC2)c(C2(O)CC2)c1. The first-order valence-electron chi connectivity index (χ1n) is 6.24. The Morgan fingerprint density at radius 2 is 2.12 bits per heavy atom. The molecular weight excluding hydrogens is 236 g/mol. The van der Waals surface area contributed by atoms with Gasteiger partial charge >= 0.3 is 0 Å². The van der Waals surface area contributed by atoms with E-state index in [1.807, 2.05) is 19.1 Å². The van der Waals surface area contributed by atoms with Gasteiger partial charge < -0.3 is 9.84 Å². The Kier molecular flexibility index (Phi) is 2.60. The fourth-order valence-electron chi connectivity index (χ4n) is 2.09. The van der Waals surface area contributed by atoms with Crippen LogP contribution in [-0.4, -0.2) is 11.7 Å². The van der Waals surface area contributed by atoms with Gasteiger partial charge in [0.15, 0.2) is 0 Å². The Bertz CT molecular complexity index is 448. The van der Waals surface area contributed by atoms with Gasteiger partial charge in [0.05, 0.1) is 17.2 Å². The number of benzene rings is 1. The molecule has 1 aromatic carbocycles. The number of ether oxygens (including phenoxy) is 1. The van der Waals surface area contributed by atoms with E-state index in [1.54, 1.807) is 0 Å². The molecule has 0 unspecified atom stereocenters. The topological polar surface area (TPSA) is 29.5 Å². The van der Waals surface area contributed by atoms with E-state index >= 15 is 0 Å². The summed E-state index contributed by atoms with van der Waals surface area (Å²) in [6.45, 7) is 2.72. The molecule has 0 heterocycles. The Hall–Kier alpha value is -0.730. The van der Waals surface area contributed by atoms with Crippen LogP contribution in [0.1, 0.15) is 36.8 Å². The first kappa shape index (κ1) is 11.4. The Morgan fingerprint density at radius 3 is 2.71 bits per heavy atom. The summed E-state index contributed by atoms with van der Waals surface area (Å²) in [6.07, 6.45) is 4.13. The molecule has 92 valence electrons. The lowest BCUT2D eigenvalue weighted by atomic mass is 10.0. The van der Waals surface area contributed by atoms with E-state index in [-0.39, 0.29) is 0 Å². The van der Waals surface area contributed by atoms with Crippen molar-refractivity contribution in [2.24, 2.45) is 5.92 Å². The first-order chi connectivity index (χ1) is 8.08. The quantitative estimate of drug-likeness (QED) is 0.890. The summed E-state index contributed by atoms with van der Waals surface area (Å²) < 4.78 is 5.82. The smallest absolute Gasteiger partial charge is 0.143 e. The van der Waals surface area contributed by atoms with Crippen molar-refractivity contribution in [1.29, 1.82) is 0 Å². The highest BCUT2D eigenvalue weighted by Crippen LogP contribution is 2.51. The zero-order valence-corrected chi connectivity index (χ0v) is 10.8. The van der Waals surface area contributed by atoms with Gasteiger partial charge in [-0.15, -0.1) is 0 Å². The molecule has 3 rings (SSSR count). The largest absolute Gasteiger partial charge is 0.491 e. The number of aliphatic hydroxyl groups is 1. The fourth-order valence-corrected chi connectivity index (χ4v) is 2.42. The third kappa shape index (κ3) is 2.29. The molecule has 2 saturated carbocycles. The third-order valence-corrected chi connectivity index (χ3v) is 3.85. The van der Waals surface area contributed by atoms with Crippen molar-refractivity contribution in [1.82, 2.24) is 0 Å². The maximum absolute atomic E-state index is 10.3. The van der Waals surface area contributed by atoms with Crippen LogP contribution in [0.2, 0.25) is 5.02 Å². The molecule has 0 spiro atoms. The average Bonchev–Trinajstić information content (AvgIpc) is 3.13. The van der Waals surface area contributed by atoms with Crippen molar-refractivity contribution >= 4 is 11.6 Å². The molecule has 0 saturated heterocycles. The molecular formula is C14H17ClO2. The van der Waals surface area contributed by atoms with Gasteiger partial charge in [-0.1, -0.05) is 11.6 Å². The molecule has 0 aliphatic heterocycles. The second-order valence-corrected chi connectivity index (χ2v) is 5.82. The summed E-state index contributed by atoms with van der Waals surface area (Å²) in [6, 6.07) is 3.90. The number of rotatable bonds is 4. The van der Waals surface area contributed by atoms with Crippen molar-refractivity contribution in [2.75, 3.05) is 6.61 Å². The Labute approximate surface area is 107 Å². The molecule has 3 heteroatoms. The van der Waals surface area contributed by atoms with Gasteiger partial charge in [-0.05, 0) is 56.2 Å². The van der Waals surface area contributed by atoms with Crippen LogP contribution in [0.15, 0.2) is 12.1 Å². The van der Waals surface area contributed by atoms with Gasteiger partial charge in [0.2, 0.25) is 0 Å². The Morgan fingerprint density at radius 1 is 1.41 bits per heavy atom. The highest BCUT2D eigenvalue weighted by atomic mass is 35.5. The van der Waals surface area contributed by atoms with Crippen LogP contribution in [0, 0.1) is 12.8 Å². The summed E-state index contributed by atoms with van der Waals surface area (Å²) in [5.74, 6) is 1.39.